The Hall–Kier alpha value is -2.83. The van der Waals surface area contributed by atoms with Gasteiger partial charge in [0.25, 0.3) is 0 Å². The van der Waals surface area contributed by atoms with Crippen LogP contribution in [-0.4, -0.2) is 52.5 Å². The van der Waals surface area contributed by atoms with Crippen molar-refractivity contribution in [3.63, 3.8) is 0 Å². The molecule has 1 aromatic carbocycles. The highest BCUT2D eigenvalue weighted by Crippen LogP contribution is 2.23. The van der Waals surface area contributed by atoms with E-state index in [1.54, 1.807) is 33.9 Å². The largest absolute Gasteiger partial charge is 0.454 e. The monoisotopic (exact) mass is 400 g/mol. The number of hydrogen-bond acceptors (Lipinski definition) is 5. The Balaban J connectivity index is 1.61. The van der Waals surface area contributed by atoms with E-state index in [1.165, 1.54) is 4.90 Å². The fourth-order valence-corrected chi connectivity index (χ4v) is 3.48. The number of fused-ring (bicyclic) bond motifs is 1. The minimum atomic E-state index is -0.904. The van der Waals surface area contributed by atoms with E-state index in [-0.39, 0.29) is 12.3 Å². The fourth-order valence-electron chi connectivity index (χ4n) is 3.48. The number of rotatable bonds is 4. The maximum Gasteiger partial charge on any atom is 0.410 e. The quantitative estimate of drug-likeness (QED) is 0.620. The van der Waals surface area contributed by atoms with Crippen molar-refractivity contribution in [1.82, 2.24) is 9.88 Å². The average Bonchev–Trinajstić information content (AvgIpc) is 3.10. The molecule has 3 rings (SSSR count). The average molecular weight is 400 g/mol. The number of carbonyl (C=O) groups is 3. The number of H-pyrrole nitrogens is 1. The van der Waals surface area contributed by atoms with Crippen LogP contribution in [0.4, 0.5) is 4.79 Å². The highest BCUT2D eigenvalue weighted by Gasteiger charge is 2.33. The number of carbonyl (C=O) groups excluding carboxylic acids is 3. The lowest BCUT2D eigenvalue weighted by molar-refractivity contribution is -0.152. The van der Waals surface area contributed by atoms with Gasteiger partial charge in [-0.15, -0.1) is 0 Å². The smallest absolute Gasteiger partial charge is 0.410 e. The minimum absolute atomic E-state index is 0.238. The van der Waals surface area contributed by atoms with Gasteiger partial charge in [-0.25, -0.2) is 4.79 Å². The molecule has 1 aliphatic heterocycles. The summed E-state index contributed by atoms with van der Waals surface area (Å²) in [6, 6.07) is 7.48. The van der Waals surface area contributed by atoms with Gasteiger partial charge in [-0.3, -0.25) is 9.59 Å². The molecule has 0 saturated carbocycles. The summed E-state index contributed by atoms with van der Waals surface area (Å²) in [5, 5.41) is 0.800. The molecule has 7 heteroatoms. The summed E-state index contributed by atoms with van der Waals surface area (Å²) in [6.07, 6.45) is 1.61. The van der Waals surface area contributed by atoms with Crippen molar-refractivity contribution in [2.75, 3.05) is 13.1 Å². The van der Waals surface area contributed by atoms with Gasteiger partial charge in [-0.05, 0) is 46.6 Å². The van der Waals surface area contributed by atoms with E-state index in [0.29, 0.717) is 24.9 Å². The van der Waals surface area contributed by atoms with E-state index < -0.39 is 29.7 Å². The number of nitrogens with one attached hydrogen (secondary N) is 1. The predicted molar refractivity (Wildman–Crippen MR) is 109 cm³/mol. The van der Waals surface area contributed by atoms with Crippen LogP contribution in [0.1, 0.15) is 50.9 Å². The molecule has 7 nitrogen and oxygen atoms in total. The number of esters is 1. The van der Waals surface area contributed by atoms with Gasteiger partial charge in [0.15, 0.2) is 6.10 Å². The molecule has 0 radical (unpaired) electrons. The maximum atomic E-state index is 12.8. The molecule has 0 spiro atoms. The van der Waals surface area contributed by atoms with Crippen molar-refractivity contribution >= 4 is 28.7 Å². The van der Waals surface area contributed by atoms with Crippen molar-refractivity contribution < 1.29 is 23.9 Å². The highest BCUT2D eigenvalue weighted by molar-refractivity contribution is 6.10. The van der Waals surface area contributed by atoms with E-state index in [2.05, 4.69) is 4.98 Å². The summed E-state index contributed by atoms with van der Waals surface area (Å²) in [4.78, 5) is 42.3. The van der Waals surface area contributed by atoms with Crippen molar-refractivity contribution in [1.29, 1.82) is 0 Å². The predicted octanol–water partition coefficient (Wildman–Crippen LogP) is 3.93. The van der Waals surface area contributed by atoms with Crippen LogP contribution in [0, 0.1) is 5.92 Å². The lowest BCUT2D eigenvalue weighted by atomic mass is 9.98. The number of aromatic amines is 1. The summed E-state index contributed by atoms with van der Waals surface area (Å²) in [6.45, 7) is 7.77. The van der Waals surface area contributed by atoms with Crippen LogP contribution in [0.25, 0.3) is 10.9 Å². The Bertz CT molecular complexity index is 911. The number of benzene rings is 1. The van der Waals surface area contributed by atoms with E-state index in [1.807, 2.05) is 24.3 Å². The summed E-state index contributed by atoms with van der Waals surface area (Å²) in [5.74, 6) is -1.18. The van der Waals surface area contributed by atoms with Crippen molar-refractivity contribution in [2.45, 2.75) is 52.2 Å². The first kappa shape index (κ1) is 20.9. The SMILES string of the molecule is C[C@@H](OC(=O)[C@@H]1CCCN(C(=O)OC(C)(C)C)C1)C(=O)c1c[nH]c2ccccc12. The number of likely N-dealkylation sites (tertiary alicyclic amines) is 1. The Morgan fingerprint density at radius 1 is 1.21 bits per heavy atom. The topological polar surface area (TPSA) is 88.7 Å². The first-order valence-electron chi connectivity index (χ1n) is 9.94. The zero-order valence-corrected chi connectivity index (χ0v) is 17.4. The van der Waals surface area contributed by atoms with Crippen molar-refractivity contribution in [3.05, 3.63) is 36.0 Å². The van der Waals surface area contributed by atoms with Gasteiger partial charge in [-0.1, -0.05) is 18.2 Å². The lowest BCUT2D eigenvalue weighted by Crippen LogP contribution is -2.45. The number of ether oxygens (including phenoxy) is 2. The molecule has 2 atom stereocenters. The number of ketones is 1. The number of amides is 1. The summed E-state index contributed by atoms with van der Waals surface area (Å²) in [7, 11) is 0. The summed E-state index contributed by atoms with van der Waals surface area (Å²) >= 11 is 0. The second-order valence-corrected chi connectivity index (χ2v) is 8.46. The van der Waals surface area contributed by atoms with Gasteiger partial charge in [0.2, 0.25) is 5.78 Å². The molecule has 1 aliphatic rings. The third-order valence-electron chi connectivity index (χ3n) is 4.92. The van der Waals surface area contributed by atoms with Gasteiger partial charge in [0.05, 0.1) is 5.92 Å². The molecular weight excluding hydrogens is 372 g/mol. The Kier molecular flexibility index (Phi) is 5.96. The van der Waals surface area contributed by atoms with E-state index >= 15 is 0 Å². The molecule has 1 fully saturated rings. The van der Waals surface area contributed by atoms with Gasteiger partial charge in [-0.2, -0.15) is 0 Å². The van der Waals surface area contributed by atoms with Crippen molar-refractivity contribution in [3.8, 4) is 0 Å². The summed E-state index contributed by atoms with van der Waals surface area (Å²) in [5.41, 5.74) is 0.764. The number of aromatic nitrogens is 1. The normalized spacial score (nSPS) is 18.3. The number of Topliss-reactive ketones (excluding diaryl/α,β-unsaturated/α-hetero) is 1. The van der Waals surface area contributed by atoms with Crippen molar-refractivity contribution in [2.24, 2.45) is 5.92 Å². The number of hydrogen-bond donors (Lipinski definition) is 1. The van der Waals surface area contributed by atoms with Crippen LogP contribution in [0.3, 0.4) is 0 Å². The van der Waals surface area contributed by atoms with Gasteiger partial charge < -0.3 is 19.4 Å². The molecule has 29 heavy (non-hydrogen) atoms. The fraction of sp³-hybridized carbons (Fsp3) is 0.500. The van der Waals surface area contributed by atoms with E-state index in [4.69, 9.17) is 9.47 Å². The third kappa shape index (κ3) is 4.96. The minimum Gasteiger partial charge on any atom is -0.454 e. The van der Waals surface area contributed by atoms with Gasteiger partial charge >= 0.3 is 12.1 Å². The van der Waals surface area contributed by atoms with Gasteiger partial charge in [0.1, 0.15) is 5.60 Å². The number of para-hydroxylation sites is 1. The third-order valence-corrected chi connectivity index (χ3v) is 4.92. The van der Waals surface area contributed by atoms with E-state index in [9.17, 15) is 14.4 Å². The lowest BCUT2D eigenvalue weighted by Gasteiger charge is -2.33. The van der Waals surface area contributed by atoms with Crippen LogP contribution in [0.2, 0.25) is 0 Å². The number of nitrogens with zero attached hydrogens (tertiary/aromatic N) is 1. The Morgan fingerprint density at radius 2 is 1.93 bits per heavy atom. The molecule has 1 saturated heterocycles. The Labute approximate surface area is 170 Å². The van der Waals surface area contributed by atoms with Gasteiger partial charge in [0, 0.05) is 35.8 Å². The standard InChI is InChI=1S/C22H28N2O5/c1-14(19(25)17-12-23-18-10-6-5-9-16(17)18)28-20(26)15-8-7-11-24(13-15)21(27)29-22(2,3)4/h5-6,9-10,12,14-15,23H,7-8,11,13H2,1-4H3/t14-,15-/m1/s1. The van der Waals surface area contributed by atoms with Crippen LogP contribution in [0.15, 0.2) is 30.5 Å². The second-order valence-electron chi connectivity index (χ2n) is 8.46. The first-order chi connectivity index (χ1) is 13.7. The molecule has 1 N–H and O–H groups in total. The zero-order valence-electron chi connectivity index (χ0n) is 17.4. The summed E-state index contributed by atoms with van der Waals surface area (Å²) < 4.78 is 10.9. The van der Waals surface area contributed by atoms with Crippen LogP contribution in [0.5, 0.6) is 0 Å². The zero-order chi connectivity index (χ0) is 21.2. The second kappa shape index (κ2) is 8.27. The molecule has 156 valence electrons. The Morgan fingerprint density at radius 3 is 2.66 bits per heavy atom. The maximum absolute atomic E-state index is 12.8. The molecule has 0 bridgehead atoms. The molecule has 0 aliphatic carbocycles. The van der Waals surface area contributed by atoms with Crippen LogP contribution < -0.4 is 0 Å². The molecule has 2 aromatic rings. The molecule has 0 unspecified atom stereocenters. The molecule has 1 aromatic heterocycles. The van der Waals surface area contributed by atoms with E-state index in [0.717, 1.165) is 10.9 Å². The highest BCUT2D eigenvalue weighted by atomic mass is 16.6. The number of piperidine rings is 1. The van der Waals surface area contributed by atoms with Crippen LogP contribution in [-0.2, 0) is 14.3 Å². The first-order valence-corrected chi connectivity index (χ1v) is 9.94. The van der Waals surface area contributed by atoms with Crippen LogP contribution >= 0.6 is 0 Å². The molecular formula is C22H28N2O5. The molecule has 2 heterocycles. The molecule has 1 amide bonds.